The molecule has 4 nitrogen and oxygen atoms in total. The third-order valence-electron chi connectivity index (χ3n) is 4.91. The van der Waals surface area contributed by atoms with E-state index >= 15 is 0 Å². The Hall–Kier alpha value is -2.34. The van der Waals surface area contributed by atoms with Crippen molar-refractivity contribution in [3.05, 3.63) is 81.5 Å². The van der Waals surface area contributed by atoms with Crippen LogP contribution in [0.5, 0.6) is 11.5 Å². The Morgan fingerprint density at radius 1 is 1.11 bits per heavy atom. The van der Waals surface area contributed by atoms with Crippen LogP contribution in [0.3, 0.4) is 0 Å². The normalized spacial score (nSPS) is 18.3. The fraction of sp³-hybridized carbons (Fsp3) is 0.273. The molecule has 0 amide bonds. The van der Waals surface area contributed by atoms with Crippen molar-refractivity contribution in [3.63, 3.8) is 0 Å². The average molecular weight is 381 g/mol. The maximum atomic E-state index is 10.4. The van der Waals surface area contributed by atoms with E-state index < -0.39 is 6.10 Å². The molecule has 5 heteroatoms. The lowest BCUT2D eigenvalue weighted by molar-refractivity contribution is 0.140. The molecule has 1 aromatic heterocycles. The maximum absolute atomic E-state index is 10.4. The van der Waals surface area contributed by atoms with Gasteiger partial charge in [-0.25, -0.2) is 0 Å². The summed E-state index contributed by atoms with van der Waals surface area (Å²) in [6.45, 7) is 1.19. The molecular formula is C22H23NO3S. The monoisotopic (exact) mass is 381 g/mol. The number of nitrogens with one attached hydrogen (secondary N) is 1. The molecule has 2 N–H and O–H groups in total. The first-order valence-corrected chi connectivity index (χ1v) is 9.94. The van der Waals surface area contributed by atoms with Crippen LogP contribution in [0.2, 0.25) is 0 Å². The fourth-order valence-electron chi connectivity index (χ4n) is 3.53. The molecule has 2 atom stereocenters. The van der Waals surface area contributed by atoms with Gasteiger partial charge in [-0.15, -0.1) is 11.3 Å². The Morgan fingerprint density at radius 3 is 2.81 bits per heavy atom. The molecule has 0 spiro atoms. The Kier molecular flexibility index (Phi) is 5.43. The van der Waals surface area contributed by atoms with Gasteiger partial charge in [-0.1, -0.05) is 36.4 Å². The molecule has 1 aliphatic carbocycles. The first-order valence-electron chi connectivity index (χ1n) is 9.06. The van der Waals surface area contributed by atoms with Crippen molar-refractivity contribution in [1.82, 2.24) is 5.32 Å². The lowest BCUT2D eigenvalue weighted by atomic mass is 10.1. The van der Waals surface area contributed by atoms with Crippen LogP contribution in [0.1, 0.15) is 27.6 Å². The van der Waals surface area contributed by atoms with E-state index in [0.29, 0.717) is 19.6 Å². The van der Waals surface area contributed by atoms with E-state index in [1.54, 1.807) is 18.4 Å². The van der Waals surface area contributed by atoms with Crippen molar-refractivity contribution in [1.29, 1.82) is 0 Å². The summed E-state index contributed by atoms with van der Waals surface area (Å²) in [4.78, 5) is 1.18. The second-order valence-corrected chi connectivity index (χ2v) is 7.71. The van der Waals surface area contributed by atoms with Gasteiger partial charge >= 0.3 is 0 Å². The average Bonchev–Trinajstić information content (AvgIpc) is 3.32. The number of methoxy groups -OCH3 is 1. The van der Waals surface area contributed by atoms with Crippen LogP contribution < -0.4 is 14.8 Å². The van der Waals surface area contributed by atoms with E-state index in [4.69, 9.17) is 9.47 Å². The van der Waals surface area contributed by atoms with Gasteiger partial charge in [0.2, 0.25) is 0 Å². The Morgan fingerprint density at radius 2 is 2.00 bits per heavy atom. The van der Waals surface area contributed by atoms with Crippen molar-refractivity contribution in [2.24, 2.45) is 0 Å². The predicted octanol–water partition coefficient (Wildman–Crippen LogP) is 4.08. The van der Waals surface area contributed by atoms with Crippen molar-refractivity contribution >= 4 is 11.3 Å². The molecule has 1 heterocycles. The molecule has 3 aromatic rings. The van der Waals surface area contributed by atoms with E-state index in [1.807, 2.05) is 41.8 Å². The summed E-state index contributed by atoms with van der Waals surface area (Å²) in [5.41, 5.74) is 3.50. The quantitative estimate of drug-likeness (QED) is 0.647. The molecule has 0 bridgehead atoms. The standard InChI is InChI=1S/C22H23NO3S/c1-25-21-11-15(8-9-20(21)26-14-17-6-4-10-27-17)13-23-22-18-7-3-2-5-16(18)12-19(22)24/h2-11,19,22-24H,12-14H2,1H3/t19-,22+/m0/s1. The van der Waals surface area contributed by atoms with Gasteiger partial charge in [0.1, 0.15) is 6.61 Å². The number of ether oxygens (including phenoxy) is 2. The smallest absolute Gasteiger partial charge is 0.161 e. The molecule has 27 heavy (non-hydrogen) atoms. The second kappa shape index (κ2) is 8.13. The molecule has 0 aliphatic heterocycles. The highest BCUT2D eigenvalue weighted by Gasteiger charge is 2.30. The Labute approximate surface area is 163 Å². The zero-order valence-corrected chi connectivity index (χ0v) is 16.0. The van der Waals surface area contributed by atoms with Gasteiger partial charge in [0, 0.05) is 17.8 Å². The van der Waals surface area contributed by atoms with Crippen LogP contribution in [0.15, 0.2) is 60.0 Å². The summed E-state index contributed by atoms with van der Waals surface area (Å²) < 4.78 is 11.4. The van der Waals surface area contributed by atoms with Crippen molar-refractivity contribution in [2.45, 2.75) is 31.7 Å². The van der Waals surface area contributed by atoms with E-state index in [9.17, 15) is 5.11 Å². The molecule has 1 aliphatic rings. The Bertz CT molecular complexity index is 894. The minimum absolute atomic E-state index is 0.0399. The van der Waals surface area contributed by atoms with Gasteiger partial charge in [-0.05, 0) is 40.3 Å². The maximum Gasteiger partial charge on any atom is 0.161 e. The van der Waals surface area contributed by atoms with Gasteiger partial charge in [0.15, 0.2) is 11.5 Å². The van der Waals surface area contributed by atoms with Gasteiger partial charge in [-0.3, -0.25) is 0 Å². The van der Waals surface area contributed by atoms with Crippen molar-refractivity contribution in [2.75, 3.05) is 7.11 Å². The highest BCUT2D eigenvalue weighted by molar-refractivity contribution is 7.09. The number of hydrogen-bond acceptors (Lipinski definition) is 5. The minimum Gasteiger partial charge on any atom is -0.493 e. The number of hydrogen-bond donors (Lipinski definition) is 2. The summed E-state index contributed by atoms with van der Waals surface area (Å²) in [5.74, 6) is 1.46. The summed E-state index contributed by atoms with van der Waals surface area (Å²) in [7, 11) is 1.65. The largest absolute Gasteiger partial charge is 0.493 e. The van der Waals surface area contributed by atoms with Crippen LogP contribution in [0, 0.1) is 0 Å². The minimum atomic E-state index is -0.391. The second-order valence-electron chi connectivity index (χ2n) is 6.68. The fourth-order valence-corrected chi connectivity index (χ4v) is 4.15. The van der Waals surface area contributed by atoms with E-state index in [0.717, 1.165) is 17.1 Å². The van der Waals surface area contributed by atoms with Gasteiger partial charge < -0.3 is 19.9 Å². The molecule has 0 fully saturated rings. The van der Waals surface area contributed by atoms with E-state index in [-0.39, 0.29) is 6.04 Å². The Balaban J connectivity index is 1.42. The third-order valence-corrected chi connectivity index (χ3v) is 5.76. The molecule has 0 saturated heterocycles. The third kappa shape index (κ3) is 4.00. The lowest BCUT2D eigenvalue weighted by Gasteiger charge is -2.19. The molecular weight excluding hydrogens is 358 g/mol. The van der Waals surface area contributed by atoms with Gasteiger partial charge in [-0.2, -0.15) is 0 Å². The van der Waals surface area contributed by atoms with Crippen LogP contribution in [-0.4, -0.2) is 18.3 Å². The van der Waals surface area contributed by atoms with Gasteiger partial charge in [0.05, 0.1) is 19.3 Å². The number of benzene rings is 2. The number of thiophene rings is 1. The highest BCUT2D eigenvalue weighted by Crippen LogP contribution is 2.33. The molecule has 0 saturated carbocycles. The lowest BCUT2D eigenvalue weighted by Crippen LogP contribution is -2.28. The molecule has 2 aromatic carbocycles. The summed E-state index contributed by atoms with van der Waals surface area (Å²) in [5, 5.41) is 15.9. The summed E-state index contributed by atoms with van der Waals surface area (Å²) in [6, 6.07) is 18.2. The molecule has 0 unspecified atom stereocenters. The SMILES string of the molecule is COc1cc(CN[C@@H]2c3ccccc3C[C@@H]2O)ccc1OCc1cccs1. The number of aliphatic hydroxyl groups is 1. The molecule has 140 valence electrons. The van der Waals surface area contributed by atoms with Crippen LogP contribution in [0.25, 0.3) is 0 Å². The van der Waals surface area contributed by atoms with Crippen molar-refractivity contribution < 1.29 is 14.6 Å². The van der Waals surface area contributed by atoms with Crippen LogP contribution >= 0.6 is 11.3 Å². The van der Waals surface area contributed by atoms with Crippen LogP contribution in [-0.2, 0) is 19.6 Å². The predicted molar refractivity (Wildman–Crippen MR) is 107 cm³/mol. The summed E-state index contributed by atoms with van der Waals surface area (Å²) >= 11 is 1.68. The van der Waals surface area contributed by atoms with Crippen LogP contribution in [0.4, 0.5) is 0 Å². The van der Waals surface area contributed by atoms with E-state index in [2.05, 4.69) is 23.5 Å². The first kappa shape index (κ1) is 18.0. The summed E-state index contributed by atoms with van der Waals surface area (Å²) in [6.07, 6.45) is 0.310. The zero-order valence-electron chi connectivity index (χ0n) is 15.2. The van der Waals surface area contributed by atoms with Crippen molar-refractivity contribution in [3.8, 4) is 11.5 Å². The number of fused-ring (bicyclic) bond motifs is 1. The highest BCUT2D eigenvalue weighted by atomic mass is 32.1. The molecule has 4 rings (SSSR count). The number of rotatable bonds is 7. The van der Waals surface area contributed by atoms with Gasteiger partial charge in [0.25, 0.3) is 0 Å². The zero-order chi connectivity index (χ0) is 18.6. The molecule has 0 radical (unpaired) electrons. The topological polar surface area (TPSA) is 50.7 Å². The number of aliphatic hydroxyl groups excluding tert-OH is 1. The van der Waals surface area contributed by atoms with E-state index in [1.165, 1.54) is 16.0 Å². The first-order chi connectivity index (χ1) is 13.2.